The van der Waals surface area contributed by atoms with Crippen molar-refractivity contribution in [1.29, 1.82) is 0 Å². The molecule has 0 aliphatic rings. The molecule has 2 rings (SSSR count). The molecule has 0 spiro atoms. The Morgan fingerprint density at radius 1 is 1.33 bits per heavy atom. The van der Waals surface area contributed by atoms with E-state index in [2.05, 4.69) is 14.9 Å². The van der Waals surface area contributed by atoms with Gasteiger partial charge >= 0.3 is 5.97 Å². The van der Waals surface area contributed by atoms with Crippen molar-refractivity contribution in [3.05, 3.63) is 47.7 Å². The summed E-state index contributed by atoms with van der Waals surface area (Å²) >= 11 is 0. The number of ether oxygens (including phenoxy) is 1. The lowest BCUT2D eigenvalue weighted by Crippen LogP contribution is -2.23. The van der Waals surface area contributed by atoms with Gasteiger partial charge in [-0.1, -0.05) is 30.3 Å². The predicted molar refractivity (Wildman–Crippen MR) is 75.0 cm³/mol. The molecule has 0 aliphatic carbocycles. The van der Waals surface area contributed by atoms with E-state index in [9.17, 15) is 13.2 Å². The van der Waals surface area contributed by atoms with Crippen LogP contribution in [0.5, 0.6) is 0 Å². The highest BCUT2D eigenvalue weighted by atomic mass is 32.2. The van der Waals surface area contributed by atoms with Gasteiger partial charge in [0.2, 0.25) is 0 Å². The van der Waals surface area contributed by atoms with Gasteiger partial charge in [0.1, 0.15) is 0 Å². The Balaban J connectivity index is 2.08. The van der Waals surface area contributed by atoms with Gasteiger partial charge in [0, 0.05) is 12.6 Å². The molecule has 112 valence electrons. The first-order chi connectivity index (χ1) is 10.0. The molecule has 0 bridgehead atoms. The molecule has 1 aromatic carbocycles. The number of nitrogens with one attached hydrogen (secondary N) is 2. The molecular weight excluding hydrogens is 294 g/mol. The Morgan fingerprint density at radius 3 is 2.71 bits per heavy atom. The summed E-state index contributed by atoms with van der Waals surface area (Å²) in [6, 6.07) is 10.2. The van der Waals surface area contributed by atoms with Crippen LogP contribution in [0.2, 0.25) is 0 Å². The SMILES string of the molecule is CCOC(=O)c1cc(S(=O)(=O)NCc2ccccc2)[nH]n1. The highest BCUT2D eigenvalue weighted by molar-refractivity contribution is 7.89. The van der Waals surface area contributed by atoms with E-state index < -0.39 is 16.0 Å². The number of aromatic nitrogens is 2. The number of aromatic amines is 1. The lowest BCUT2D eigenvalue weighted by molar-refractivity contribution is 0.0519. The number of sulfonamides is 1. The number of esters is 1. The predicted octanol–water partition coefficient (Wildman–Crippen LogP) is 1.06. The van der Waals surface area contributed by atoms with Crippen molar-refractivity contribution < 1.29 is 17.9 Å². The maximum absolute atomic E-state index is 12.1. The fourth-order valence-corrected chi connectivity index (χ4v) is 2.55. The average Bonchev–Trinajstić information content (AvgIpc) is 2.97. The molecule has 0 fully saturated rings. The third-order valence-electron chi connectivity index (χ3n) is 2.64. The van der Waals surface area contributed by atoms with E-state index in [4.69, 9.17) is 4.74 Å². The van der Waals surface area contributed by atoms with Crippen LogP contribution in [0.3, 0.4) is 0 Å². The van der Waals surface area contributed by atoms with Gasteiger partial charge in [-0.3, -0.25) is 5.10 Å². The molecule has 0 radical (unpaired) electrons. The second kappa shape index (κ2) is 6.51. The van der Waals surface area contributed by atoms with E-state index >= 15 is 0 Å². The van der Waals surface area contributed by atoms with Crippen LogP contribution in [0.4, 0.5) is 0 Å². The van der Waals surface area contributed by atoms with Crippen LogP contribution in [-0.4, -0.2) is 31.2 Å². The molecular formula is C13H15N3O4S. The monoisotopic (exact) mass is 309 g/mol. The van der Waals surface area contributed by atoms with Crippen molar-refractivity contribution in [3.63, 3.8) is 0 Å². The lowest BCUT2D eigenvalue weighted by Gasteiger charge is -2.04. The van der Waals surface area contributed by atoms with Crippen molar-refractivity contribution in [3.8, 4) is 0 Å². The maximum Gasteiger partial charge on any atom is 0.358 e. The summed E-state index contributed by atoms with van der Waals surface area (Å²) in [5.74, 6) is -0.668. The first-order valence-electron chi connectivity index (χ1n) is 6.29. The fraction of sp³-hybridized carbons (Fsp3) is 0.231. The van der Waals surface area contributed by atoms with Gasteiger partial charge in [-0.05, 0) is 12.5 Å². The van der Waals surface area contributed by atoms with Crippen LogP contribution in [0.25, 0.3) is 0 Å². The molecule has 7 nitrogen and oxygen atoms in total. The van der Waals surface area contributed by atoms with E-state index in [1.165, 1.54) is 0 Å². The largest absolute Gasteiger partial charge is 0.461 e. The maximum atomic E-state index is 12.1. The second-order valence-electron chi connectivity index (χ2n) is 4.15. The van der Waals surface area contributed by atoms with Gasteiger partial charge in [-0.25, -0.2) is 17.9 Å². The van der Waals surface area contributed by atoms with Gasteiger partial charge in [0.05, 0.1) is 6.61 Å². The topological polar surface area (TPSA) is 101 Å². The third kappa shape index (κ3) is 3.89. The number of hydrogen-bond donors (Lipinski definition) is 2. The summed E-state index contributed by atoms with van der Waals surface area (Å²) in [5, 5.41) is 5.78. The molecule has 21 heavy (non-hydrogen) atoms. The number of H-pyrrole nitrogens is 1. The average molecular weight is 309 g/mol. The molecule has 8 heteroatoms. The van der Waals surface area contributed by atoms with Crippen molar-refractivity contribution >= 4 is 16.0 Å². The molecule has 0 amide bonds. The van der Waals surface area contributed by atoms with Crippen LogP contribution in [0.15, 0.2) is 41.4 Å². The van der Waals surface area contributed by atoms with E-state index in [0.29, 0.717) is 0 Å². The summed E-state index contributed by atoms with van der Waals surface area (Å²) in [4.78, 5) is 11.4. The number of carbonyl (C=O) groups is 1. The van der Waals surface area contributed by atoms with Crippen LogP contribution in [-0.2, 0) is 21.3 Å². The smallest absolute Gasteiger partial charge is 0.358 e. The normalized spacial score (nSPS) is 11.3. The van der Waals surface area contributed by atoms with Gasteiger partial charge < -0.3 is 4.74 Å². The molecule has 0 saturated heterocycles. The second-order valence-corrected chi connectivity index (χ2v) is 5.88. The summed E-state index contributed by atoms with van der Waals surface area (Å²) in [6.45, 7) is 2.00. The summed E-state index contributed by atoms with van der Waals surface area (Å²) in [7, 11) is -3.76. The molecule has 2 N–H and O–H groups in total. The zero-order valence-corrected chi connectivity index (χ0v) is 12.2. The first-order valence-corrected chi connectivity index (χ1v) is 7.77. The number of carbonyl (C=O) groups excluding carboxylic acids is 1. The van der Waals surface area contributed by atoms with Gasteiger partial charge in [0.25, 0.3) is 10.0 Å². The summed E-state index contributed by atoms with van der Waals surface area (Å²) in [5.41, 5.74) is 0.753. The van der Waals surface area contributed by atoms with E-state index in [1.54, 1.807) is 19.1 Å². The van der Waals surface area contributed by atoms with Crippen LogP contribution in [0.1, 0.15) is 23.0 Å². The molecule has 2 aromatic rings. The van der Waals surface area contributed by atoms with Crippen LogP contribution < -0.4 is 4.72 Å². The highest BCUT2D eigenvalue weighted by Gasteiger charge is 2.20. The Hall–Kier alpha value is -2.19. The van der Waals surface area contributed by atoms with Gasteiger partial charge in [-0.2, -0.15) is 5.10 Å². The van der Waals surface area contributed by atoms with E-state index in [1.807, 2.05) is 18.2 Å². The summed E-state index contributed by atoms with van der Waals surface area (Å²) < 4.78 is 31.3. The molecule has 0 aliphatic heterocycles. The van der Waals surface area contributed by atoms with E-state index in [0.717, 1.165) is 11.6 Å². The van der Waals surface area contributed by atoms with Crippen molar-refractivity contribution in [2.45, 2.75) is 18.5 Å². The first kappa shape index (κ1) is 15.2. The standard InChI is InChI=1S/C13H15N3O4S/c1-2-20-13(17)11-8-12(16-15-11)21(18,19)14-9-10-6-4-3-5-7-10/h3-8,14H,2,9H2,1H3,(H,15,16). The molecule has 1 aromatic heterocycles. The molecule has 1 heterocycles. The Labute approximate surface area is 122 Å². The number of nitrogens with zero attached hydrogens (tertiary/aromatic N) is 1. The van der Waals surface area contributed by atoms with E-state index in [-0.39, 0.29) is 23.9 Å². The summed E-state index contributed by atoms with van der Waals surface area (Å²) in [6.07, 6.45) is 0. The van der Waals surface area contributed by atoms with Crippen molar-refractivity contribution in [2.75, 3.05) is 6.61 Å². The molecule has 0 unspecified atom stereocenters. The minimum atomic E-state index is -3.76. The van der Waals surface area contributed by atoms with Gasteiger partial charge in [0.15, 0.2) is 10.7 Å². The Kier molecular flexibility index (Phi) is 4.71. The van der Waals surface area contributed by atoms with Gasteiger partial charge in [-0.15, -0.1) is 0 Å². The van der Waals surface area contributed by atoms with Crippen molar-refractivity contribution in [2.24, 2.45) is 0 Å². The zero-order valence-electron chi connectivity index (χ0n) is 11.4. The molecule has 0 saturated carbocycles. The fourth-order valence-electron chi connectivity index (χ4n) is 1.60. The number of benzene rings is 1. The highest BCUT2D eigenvalue weighted by Crippen LogP contribution is 2.09. The minimum absolute atomic E-state index is 0.0723. The minimum Gasteiger partial charge on any atom is -0.461 e. The van der Waals surface area contributed by atoms with Crippen molar-refractivity contribution in [1.82, 2.24) is 14.9 Å². The third-order valence-corrected chi connectivity index (χ3v) is 3.95. The number of hydrogen-bond acceptors (Lipinski definition) is 5. The Morgan fingerprint density at radius 2 is 2.05 bits per heavy atom. The van der Waals surface area contributed by atoms with Crippen LogP contribution >= 0.6 is 0 Å². The molecule has 0 atom stereocenters. The lowest BCUT2D eigenvalue weighted by atomic mass is 10.2. The zero-order chi connectivity index (χ0) is 15.3. The quantitative estimate of drug-likeness (QED) is 0.777. The number of rotatable bonds is 6. The Bertz CT molecular complexity index is 710. The van der Waals surface area contributed by atoms with Crippen LogP contribution in [0, 0.1) is 0 Å².